The van der Waals surface area contributed by atoms with E-state index in [-0.39, 0.29) is 34.3 Å². The Balaban J connectivity index is 1.93. The molecule has 0 unspecified atom stereocenters. The molecule has 2 aliphatic rings. The van der Waals surface area contributed by atoms with Gasteiger partial charge in [0.25, 0.3) is 5.91 Å². The van der Waals surface area contributed by atoms with E-state index in [4.69, 9.17) is 0 Å². The number of alkyl halides is 3. The predicted octanol–water partition coefficient (Wildman–Crippen LogP) is 3.62. The summed E-state index contributed by atoms with van der Waals surface area (Å²) in [4.78, 5) is 18.4. The first-order valence-corrected chi connectivity index (χ1v) is 11.9. The van der Waals surface area contributed by atoms with E-state index in [2.05, 4.69) is 9.73 Å². The first-order valence-electron chi connectivity index (χ1n) is 9.17. The van der Waals surface area contributed by atoms with Gasteiger partial charge in [-0.25, -0.2) is 8.42 Å². The second kappa shape index (κ2) is 8.17. The van der Waals surface area contributed by atoms with E-state index < -0.39 is 22.2 Å². The number of sulfone groups is 1. The van der Waals surface area contributed by atoms with Gasteiger partial charge in [0.05, 0.1) is 17.5 Å². The van der Waals surface area contributed by atoms with E-state index in [9.17, 15) is 26.4 Å². The quantitative estimate of drug-likeness (QED) is 0.682. The van der Waals surface area contributed by atoms with Crippen LogP contribution < -0.4 is 9.64 Å². The molecule has 0 saturated carbocycles. The molecule has 0 radical (unpaired) electrons. The van der Waals surface area contributed by atoms with Crippen LogP contribution in [-0.2, 0) is 14.6 Å². The summed E-state index contributed by atoms with van der Waals surface area (Å²) >= 11 is 1.23. The second-order valence-electron chi connectivity index (χ2n) is 6.96. The average molecular weight is 451 g/mol. The van der Waals surface area contributed by atoms with Crippen LogP contribution >= 0.6 is 11.8 Å². The van der Waals surface area contributed by atoms with Gasteiger partial charge in [0, 0.05) is 16.9 Å². The third-order valence-electron chi connectivity index (χ3n) is 4.96. The number of rotatable bonds is 5. The SMILES string of the molecule is CCC(CC)C(=O)N=C1S[C@H]2CS(=O)(=O)C[C@H]2N1c1ccc(OC(F)(F)F)cc1. The topological polar surface area (TPSA) is 76.0 Å². The Morgan fingerprint density at radius 2 is 1.86 bits per heavy atom. The molecule has 1 amide bonds. The fourth-order valence-corrected chi connectivity index (χ4v) is 7.42. The van der Waals surface area contributed by atoms with Crippen molar-refractivity contribution < 1.29 is 31.1 Å². The Morgan fingerprint density at radius 1 is 1.24 bits per heavy atom. The predicted molar refractivity (Wildman–Crippen MR) is 106 cm³/mol. The van der Waals surface area contributed by atoms with Gasteiger partial charge < -0.3 is 9.64 Å². The van der Waals surface area contributed by atoms with Crippen LogP contribution in [0.4, 0.5) is 18.9 Å². The number of ether oxygens (including phenoxy) is 1. The number of amidine groups is 1. The van der Waals surface area contributed by atoms with E-state index in [0.29, 0.717) is 23.7 Å². The Morgan fingerprint density at radius 3 is 2.41 bits per heavy atom. The lowest BCUT2D eigenvalue weighted by molar-refractivity contribution is -0.274. The van der Waals surface area contributed by atoms with Crippen molar-refractivity contribution in [1.82, 2.24) is 0 Å². The largest absolute Gasteiger partial charge is 0.573 e. The highest BCUT2D eigenvalue weighted by Gasteiger charge is 2.49. The van der Waals surface area contributed by atoms with Crippen LogP contribution in [0.5, 0.6) is 5.75 Å². The van der Waals surface area contributed by atoms with Crippen molar-refractivity contribution in [2.75, 3.05) is 16.4 Å². The molecule has 2 saturated heterocycles. The molecule has 160 valence electrons. The zero-order valence-corrected chi connectivity index (χ0v) is 17.5. The lowest BCUT2D eigenvalue weighted by Crippen LogP contribution is -2.37. The third-order valence-corrected chi connectivity index (χ3v) is 8.17. The first-order chi connectivity index (χ1) is 13.5. The lowest BCUT2D eigenvalue weighted by Gasteiger charge is -2.25. The van der Waals surface area contributed by atoms with Crippen molar-refractivity contribution in [2.45, 2.75) is 44.3 Å². The van der Waals surface area contributed by atoms with E-state index in [1.54, 1.807) is 4.90 Å². The highest BCUT2D eigenvalue weighted by atomic mass is 32.2. The number of benzene rings is 1. The molecule has 1 aromatic rings. The number of carbonyl (C=O) groups excluding carboxylic acids is 1. The first kappa shape index (κ1) is 21.9. The Bertz CT molecular complexity index is 897. The van der Waals surface area contributed by atoms with E-state index in [1.165, 1.54) is 23.9 Å². The molecule has 29 heavy (non-hydrogen) atoms. The molecule has 0 N–H and O–H groups in total. The maximum absolute atomic E-state index is 12.5. The summed E-state index contributed by atoms with van der Waals surface area (Å²) in [5.41, 5.74) is 0.465. The summed E-state index contributed by atoms with van der Waals surface area (Å²) in [6.45, 7) is 3.79. The van der Waals surface area contributed by atoms with Gasteiger partial charge in [0.1, 0.15) is 5.75 Å². The second-order valence-corrected chi connectivity index (χ2v) is 10.3. The van der Waals surface area contributed by atoms with Gasteiger partial charge in [0.15, 0.2) is 15.0 Å². The molecular weight excluding hydrogens is 429 g/mol. The average Bonchev–Trinajstić information content (AvgIpc) is 3.06. The third kappa shape index (κ3) is 5.06. The standard InChI is InChI=1S/C18H21F3N2O4S2/c1-3-11(4-2)16(24)22-17-23(14-9-29(25,26)10-15(14)28-17)12-5-7-13(8-6-12)27-18(19,20)21/h5-8,11,14-15H,3-4,9-10H2,1-2H3/t14-,15+/m1/s1. The fraction of sp³-hybridized carbons (Fsp3) is 0.556. The Hall–Kier alpha value is -1.75. The molecule has 11 heteroatoms. The number of hydrogen-bond acceptors (Lipinski definition) is 5. The van der Waals surface area contributed by atoms with Crippen molar-refractivity contribution in [2.24, 2.45) is 10.9 Å². The van der Waals surface area contributed by atoms with Crippen LogP contribution in [0.1, 0.15) is 26.7 Å². The molecule has 0 aromatic heterocycles. The van der Waals surface area contributed by atoms with Crippen molar-refractivity contribution in [1.29, 1.82) is 0 Å². The Kier molecular flexibility index (Phi) is 6.19. The maximum atomic E-state index is 12.5. The van der Waals surface area contributed by atoms with Gasteiger partial charge in [-0.15, -0.1) is 13.2 Å². The number of aliphatic imine (C=N–C) groups is 1. The van der Waals surface area contributed by atoms with Crippen LogP contribution in [0.2, 0.25) is 0 Å². The highest BCUT2D eigenvalue weighted by Crippen LogP contribution is 2.41. The molecule has 0 bridgehead atoms. The number of carbonyl (C=O) groups is 1. The number of anilines is 1. The summed E-state index contributed by atoms with van der Waals surface area (Å²) in [5, 5.41) is 0.107. The molecular formula is C18H21F3N2O4S2. The van der Waals surface area contributed by atoms with Crippen molar-refractivity contribution in [3.05, 3.63) is 24.3 Å². The zero-order chi connectivity index (χ0) is 21.4. The van der Waals surface area contributed by atoms with Crippen LogP contribution in [0, 0.1) is 5.92 Å². The minimum absolute atomic E-state index is 0.0215. The summed E-state index contributed by atoms with van der Waals surface area (Å²) in [5.74, 6) is -0.995. The number of nitrogens with zero attached hydrogens (tertiary/aromatic N) is 2. The van der Waals surface area contributed by atoms with Crippen molar-refractivity contribution in [3.63, 3.8) is 0 Å². The van der Waals surface area contributed by atoms with Crippen LogP contribution in [0.25, 0.3) is 0 Å². The van der Waals surface area contributed by atoms with Crippen LogP contribution in [-0.4, -0.2) is 48.7 Å². The van der Waals surface area contributed by atoms with Crippen LogP contribution in [0.3, 0.4) is 0 Å². The summed E-state index contributed by atoms with van der Waals surface area (Å²) in [6, 6.07) is 4.71. The minimum atomic E-state index is -4.80. The number of halogens is 3. The fourth-order valence-electron chi connectivity index (χ4n) is 3.50. The maximum Gasteiger partial charge on any atom is 0.573 e. The summed E-state index contributed by atoms with van der Waals surface area (Å²) in [7, 11) is -3.23. The van der Waals surface area contributed by atoms with E-state index in [1.807, 2.05) is 13.8 Å². The molecule has 2 fully saturated rings. The lowest BCUT2D eigenvalue weighted by atomic mass is 10.0. The van der Waals surface area contributed by atoms with Crippen molar-refractivity contribution in [3.8, 4) is 5.75 Å². The van der Waals surface area contributed by atoms with Crippen molar-refractivity contribution >= 4 is 38.4 Å². The summed E-state index contributed by atoms with van der Waals surface area (Å²) in [6.07, 6.45) is -3.52. The Labute approximate surface area is 171 Å². The molecule has 0 spiro atoms. The number of thioether (sulfide) groups is 1. The van der Waals surface area contributed by atoms with Gasteiger partial charge in [0.2, 0.25) is 0 Å². The molecule has 2 atom stereocenters. The van der Waals surface area contributed by atoms with Gasteiger partial charge in [-0.05, 0) is 37.1 Å². The molecule has 1 aromatic carbocycles. The van der Waals surface area contributed by atoms with Gasteiger partial charge in [-0.3, -0.25) is 4.79 Å². The highest BCUT2D eigenvalue weighted by molar-refractivity contribution is 8.16. The monoisotopic (exact) mass is 450 g/mol. The van der Waals surface area contributed by atoms with Crippen LogP contribution in [0.15, 0.2) is 29.3 Å². The number of amides is 1. The number of fused-ring (bicyclic) bond motifs is 1. The van der Waals surface area contributed by atoms with Gasteiger partial charge >= 0.3 is 6.36 Å². The smallest absolute Gasteiger partial charge is 0.406 e. The van der Waals surface area contributed by atoms with E-state index in [0.717, 1.165) is 12.1 Å². The van der Waals surface area contributed by atoms with E-state index >= 15 is 0 Å². The molecule has 3 rings (SSSR count). The molecule has 2 aliphatic heterocycles. The number of hydrogen-bond donors (Lipinski definition) is 0. The summed E-state index contributed by atoms with van der Waals surface area (Å²) < 4.78 is 65.2. The molecule has 0 aliphatic carbocycles. The van der Waals surface area contributed by atoms with Gasteiger partial charge in [-0.2, -0.15) is 4.99 Å². The molecule has 2 heterocycles. The normalized spacial score (nSPS) is 24.9. The van der Waals surface area contributed by atoms with Gasteiger partial charge in [-0.1, -0.05) is 25.6 Å². The zero-order valence-electron chi connectivity index (χ0n) is 15.8. The molecule has 6 nitrogen and oxygen atoms in total. The minimum Gasteiger partial charge on any atom is -0.406 e.